The molecule has 0 fully saturated rings. The first-order chi connectivity index (χ1) is 6.65. The summed E-state index contributed by atoms with van der Waals surface area (Å²) < 4.78 is 1.68. The fourth-order valence-electron chi connectivity index (χ4n) is 0.800. The van der Waals surface area contributed by atoms with Crippen LogP contribution in [0.3, 0.4) is 0 Å². The smallest absolute Gasteiger partial charge is 0.185 e. The van der Waals surface area contributed by atoms with E-state index in [0.717, 1.165) is 5.16 Å². The monoisotopic (exact) mass is 215 g/mol. The summed E-state index contributed by atoms with van der Waals surface area (Å²) in [5.74, 6) is 0.962. The van der Waals surface area contributed by atoms with E-state index in [9.17, 15) is 0 Å². The van der Waals surface area contributed by atoms with Crippen LogP contribution in [0.1, 0.15) is 6.92 Å². The van der Waals surface area contributed by atoms with Crippen LogP contribution in [-0.2, 0) is 7.05 Å². The van der Waals surface area contributed by atoms with Crippen LogP contribution in [0.2, 0.25) is 0 Å². The number of aromatic nitrogens is 3. The largest absolute Gasteiger partial charge is 0.409 e. The molecule has 1 atom stereocenters. The van der Waals surface area contributed by atoms with Crippen molar-refractivity contribution in [3.8, 4) is 0 Å². The first-order valence-electron chi connectivity index (χ1n) is 4.09. The van der Waals surface area contributed by atoms with Gasteiger partial charge in [0.2, 0.25) is 0 Å². The molecule has 3 N–H and O–H groups in total. The van der Waals surface area contributed by atoms with E-state index < -0.39 is 0 Å². The van der Waals surface area contributed by atoms with E-state index in [1.807, 2.05) is 14.0 Å². The zero-order valence-electron chi connectivity index (χ0n) is 8.08. The van der Waals surface area contributed by atoms with E-state index in [-0.39, 0.29) is 11.8 Å². The maximum Gasteiger partial charge on any atom is 0.185 e. The second-order valence-electron chi connectivity index (χ2n) is 2.90. The number of hydrogen-bond acceptors (Lipinski definition) is 5. The fourth-order valence-corrected chi connectivity index (χ4v) is 1.73. The lowest BCUT2D eigenvalue weighted by atomic mass is 10.2. The van der Waals surface area contributed by atoms with Crippen molar-refractivity contribution >= 4 is 17.6 Å². The van der Waals surface area contributed by atoms with E-state index in [4.69, 9.17) is 10.9 Å². The normalized spacial score (nSPS) is 14.3. The molecule has 0 bridgehead atoms. The number of rotatable bonds is 4. The molecular formula is C7H13N5OS. The Morgan fingerprint density at radius 2 is 2.57 bits per heavy atom. The van der Waals surface area contributed by atoms with E-state index >= 15 is 0 Å². The van der Waals surface area contributed by atoms with Gasteiger partial charge < -0.3 is 10.9 Å². The van der Waals surface area contributed by atoms with E-state index in [2.05, 4.69) is 15.2 Å². The molecule has 0 aromatic carbocycles. The summed E-state index contributed by atoms with van der Waals surface area (Å²) in [5, 5.41) is 16.1. The Labute approximate surface area is 86.2 Å². The summed E-state index contributed by atoms with van der Waals surface area (Å²) in [7, 11) is 1.82. The summed E-state index contributed by atoms with van der Waals surface area (Å²) in [6.45, 7) is 1.89. The zero-order chi connectivity index (χ0) is 10.6. The molecule has 1 rings (SSSR count). The van der Waals surface area contributed by atoms with Crippen LogP contribution in [-0.4, -0.2) is 31.6 Å². The molecule has 1 aromatic heterocycles. The van der Waals surface area contributed by atoms with Crippen molar-refractivity contribution in [2.24, 2.45) is 23.9 Å². The van der Waals surface area contributed by atoms with Gasteiger partial charge in [-0.25, -0.2) is 9.67 Å². The minimum atomic E-state index is 0.0155. The van der Waals surface area contributed by atoms with Gasteiger partial charge in [-0.1, -0.05) is 23.8 Å². The number of hydrogen-bond donors (Lipinski definition) is 2. The highest BCUT2D eigenvalue weighted by Gasteiger charge is 2.10. The maximum absolute atomic E-state index is 8.44. The van der Waals surface area contributed by atoms with Crippen molar-refractivity contribution in [3.05, 3.63) is 6.33 Å². The van der Waals surface area contributed by atoms with Gasteiger partial charge >= 0.3 is 0 Å². The molecule has 1 heterocycles. The number of thioether (sulfide) groups is 1. The van der Waals surface area contributed by atoms with Crippen molar-refractivity contribution in [2.45, 2.75) is 12.1 Å². The van der Waals surface area contributed by atoms with Crippen LogP contribution < -0.4 is 5.73 Å². The third kappa shape index (κ3) is 2.63. The molecule has 0 saturated carbocycles. The Balaban J connectivity index is 2.45. The summed E-state index contributed by atoms with van der Waals surface area (Å²) in [4.78, 5) is 4.04. The molecule has 0 radical (unpaired) electrons. The van der Waals surface area contributed by atoms with Gasteiger partial charge in [0.25, 0.3) is 0 Å². The lowest BCUT2D eigenvalue weighted by Crippen LogP contribution is -2.23. The quantitative estimate of drug-likeness (QED) is 0.248. The molecule has 14 heavy (non-hydrogen) atoms. The Morgan fingerprint density at radius 1 is 1.86 bits per heavy atom. The average Bonchev–Trinajstić information content (AvgIpc) is 2.59. The first kappa shape index (κ1) is 10.8. The van der Waals surface area contributed by atoms with Crippen LogP contribution in [0.25, 0.3) is 0 Å². The molecule has 0 aliphatic rings. The van der Waals surface area contributed by atoms with Crippen molar-refractivity contribution in [3.63, 3.8) is 0 Å². The van der Waals surface area contributed by atoms with E-state index in [0.29, 0.717) is 5.75 Å². The molecule has 0 aliphatic carbocycles. The molecular weight excluding hydrogens is 202 g/mol. The number of nitrogens with zero attached hydrogens (tertiary/aromatic N) is 4. The van der Waals surface area contributed by atoms with Crippen molar-refractivity contribution in [2.75, 3.05) is 5.75 Å². The summed E-state index contributed by atoms with van der Waals surface area (Å²) in [6.07, 6.45) is 1.50. The van der Waals surface area contributed by atoms with Gasteiger partial charge in [-0.2, -0.15) is 5.10 Å². The minimum Gasteiger partial charge on any atom is -0.409 e. The molecule has 0 spiro atoms. The Kier molecular flexibility index (Phi) is 3.75. The Morgan fingerprint density at radius 3 is 3.07 bits per heavy atom. The van der Waals surface area contributed by atoms with Gasteiger partial charge in [-0.15, -0.1) is 0 Å². The second-order valence-corrected chi connectivity index (χ2v) is 3.89. The zero-order valence-corrected chi connectivity index (χ0v) is 8.90. The van der Waals surface area contributed by atoms with E-state index in [1.165, 1.54) is 18.1 Å². The van der Waals surface area contributed by atoms with Gasteiger partial charge in [0, 0.05) is 18.7 Å². The SMILES string of the molecule is CC(CSc1ncnn1C)C(N)=NO. The summed E-state index contributed by atoms with van der Waals surface area (Å²) in [5.41, 5.74) is 5.44. The maximum atomic E-state index is 8.44. The minimum absolute atomic E-state index is 0.0155. The highest BCUT2D eigenvalue weighted by atomic mass is 32.2. The molecule has 7 heteroatoms. The predicted octanol–water partition coefficient (Wildman–Crippen LogP) is 0.290. The van der Waals surface area contributed by atoms with Gasteiger partial charge in [0.1, 0.15) is 12.2 Å². The molecule has 0 aliphatic heterocycles. The molecule has 1 aromatic rings. The number of aryl methyl sites for hydroxylation is 1. The number of nitrogens with two attached hydrogens (primary N) is 1. The lowest BCUT2D eigenvalue weighted by Gasteiger charge is -2.07. The van der Waals surface area contributed by atoms with E-state index in [1.54, 1.807) is 4.68 Å². The molecule has 0 amide bonds. The topological polar surface area (TPSA) is 89.3 Å². The first-order valence-corrected chi connectivity index (χ1v) is 5.08. The third-order valence-corrected chi connectivity index (χ3v) is 3.05. The summed E-state index contributed by atoms with van der Waals surface area (Å²) in [6, 6.07) is 0. The van der Waals surface area contributed by atoms with Crippen LogP contribution in [0.15, 0.2) is 16.6 Å². The molecule has 0 saturated heterocycles. The van der Waals surface area contributed by atoms with Crippen LogP contribution in [0.4, 0.5) is 0 Å². The Hall–Kier alpha value is -1.24. The van der Waals surface area contributed by atoms with Crippen molar-refractivity contribution in [1.82, 2.24) is 14.8 Å². The Bertz CT molecular complexity index is 324. The predicted molar refractivity (Wildman–Crippen MR) is 54.3 cm³/mol. The third-order valence-electron chi connectivity index (χ3n) is 1.75. The van der Waals surface area contributed by atoms with Gasteiger partial charge in [-0.3, -0.25) is 0 Å². The van der Waals surface area contributed by atoms with Crippen LogP contribution in [0.5, 0.6) is 0 Å². The molecule has 78 valence electrons. The summed E-state index contributed by atoms with van der Waals surface area (Å²) >= 11 is 1.52. The fraction of sp³-hybridized carbons (Fsp3) is 0.571. The van der Waals surface area contributed by atoms with Crippen LogP contribution >= 0.6 is 11.8 Å². The van der Waals surface area contributed by atoms with Gasteiger partial charge in [-0.05, 0) is 0 Å². The highest BCUT2D eigenvalue weighted by Crippen LogP contribution is 2.16. The van der Waals surface area contributed by atoms with Gasteiger partial charge in [0.05, 0.1) is 0 Å². The standard InChI is InChI=1S/C7H13N5OS/c1-5(6(8)11-13)3-14-7-9-4-10-12(7)2/h4-5,13H,3H2,1-2H3,(H2,8,11). The average molecular weight is 215 g/mol. The van der Waals surface area contributed by atoms with Gasteiger partial charge in [0.15, 0.2) is 5.16 Å². The van der Waals surface area contributed by atoms with Crippen molar-refractivity contribution < 1.29 is 5.21 Å². The number of amidine groups is 1. The molecule has 6 nitrogen and oxygen atoms in total. The lowest BCUT2D eigenvalue weighted by molar-refractivity contribution is 0.315. The molecule has 1 unspecified atom stereocenters. The second kappa shape index (κ2) is 4.85. The van der Waals surface area contributed by atoms with Crippen LogP contribution in [0, 0.1) is 5.92 Å². The number of oxime groups is 1. The highest BCUT2D eigenvalue weighted by molar-refractivity contribution is 7.99. The van der Waals surface area contributed by atoms with Crippen molar-refractivity contribution in [1.29, 1.82) is 0 Å².